The average Bonchev–Trinajstić information content (AvgIpc) is 3.44. The van der Waals surface area contributed by atoms with Crippen molar-refractivity contribution in [2.24, 2.45) is 0 Å². The fraction of sp³-hybridized carbons (Fsp3) is 0.0566. The number of benzene rings is 10. The van der Waals surface area contributed by atoms with Gasteiger partial charge in [0.1, 0.15) is 0 Å². The summed E-state index contributed by atoms with van der Waals surface area (Å²) >= 11 is 0. The van der Waals surface area contributed by atoms with Gasteiger partial charge in [-0.2, -0.15) is 0 Å². The molecule has 0 heteroatoms. The number of hydrogen-bond acceptors (Lipinski definition) is 0. The first-order valence-electron chi connectivity index (χ1n) is 18.7. The highest BCUT2D eigenvalue weighted by atomic mass is 14.4. The summed E-state index contributed by atoms with van der Waals surface area (Å²) in [6.45, 7) is 4.71. The van der Waals surface area contributed by atoms with Crippen molar-refractivity contribution in [1.29, 1.82) is 0 Å². The Morgan fingerprint density at radius 1 is 0.283 bits per heavy atom. The molecule has 10 aromatic carbocycles. The molecule has 248 valence electrons. The van der Waals surface area contributed by atoms with Gasteiger partial charge in [0.05, 0.1) is 0 Å². The second kappa shape index (κ2) is 11.2. The highest BCUT2D eigenvalue weighted by Gasteiger charge is 2.35. The van der Waals surface area contributed by atoms with Gasteiger partial charge in [-0.15, -0.1) is 0 Å². The van der Waals surface area contributed by atoms with Crippen LogP contribution in [0, 0.1) is 0 Å². The summed E-state index contributed by atoms with van der Waals surface area (Å²) in [7, 11) is 0. The fourth-order valence-electron chi connectivity index (χ4n) is 9.20. The molecule has 0 saturated carbocycles. The SMILES string of the molecule is CC1(C)c2ccccc2-c2ccc(-c3ccc4ccc(-c5ccc6cc(-c7cc8ccc9ccccc9c8c8ccccc78)ccc6c5)cc4c3)cc21. The van der Waals surface area contributed by atoms with Crippen molar-refractivity contribution < 1.29 is 0 Å². The normalized spacial score (nSPS) is 13.2. The highest BCUT2D eigenvalue weighted by molar-refractivity contribution is 6.23. The maximum absolute atomic E-state index is 2.42. The molecular formula is C53H36. The molecular weight excluding hydrogens is 637 g/mol. The van der Waals surface area contributed by atoms with E-state index in [0.717, 1.165) is 0 Å². The molecule has 1 aliphatic carbocycles. The molecule has 0 heterocycles. The van der Waals surface area contributed by atoms with E-state index in [9.17, 15) is 0 Å². The fourth-order valence-corrected chi connectivity index (χ4v) is 9.20. The quantitative estimate of drug-likeness (QED) is 0.164. The zero-order valence-corrected chi connectivity index (χ0v) is 29.8. The van der Waals surface area contributed by atoms with Crippen molar-refractivity contribution in [3.63, 3.8) is 0 Å². The molecule has 53 heavy (non-hydrogen) atoms. The monoisotopic (exact) mass is 672 g/mol. The molecule has 0 aromatic heterocycles. The number of hydrogen-bond donors (Lipinski definition) is 0. The second-order valence-electron chi connectivity index (χ2n) is 15.3. The van der Waals surface area contributed by atoms with E-state index < -0.39 is 0 Å². The lowest BCUT2D eigenvalue weighted by molar-refractivity contribution is 0.660. The van der Waals surface area contributed by atoms with E-state index in [1.54, 1.807) is 0 Å². The second-order valence-corrected chi connectivity index (χ2v) is 15.3. The van der Waals surface area contributed by atoms with E-state index in [1.807, 2.05) is 0 Å². The summed E-state index contributed by atoms with van der Waals surface area (Å²) in [6.07, 6.45) is 0. The van der Waals surface area contributed by atoms with Gasteiger partial charge < -0.3 is 0 Å². The zero-order valence-electron chi connectivity index (χ0n) is 29.8. The minimum atomic E-state index is -0.0125. The molecule has 0 spiro atoms. The smallest absolute Gasteiger partial charge is 0.0159 e. The van der Waals surface area contributed by atoms with Gasteiger partial charge in [0.25, 0.3) is 0 Å². The Morgan fingerprint density at radius 3 is 1.57 bits per heavy atom. The Bertz CT molecular complexity index is 3140. The van der Waals surface area contributed by atoms with E-state index >= 15 is 0 Å². The first-order valence-corrected chi connectivity index (χ1v) is 18.7. The van der Waals surface area contributed by atoms with Crippen molar-refractivity contribution in [3.8, 4) is 44.5 Å². The predicted octanol–water partition coefficient (Wildman–Crippen LogP) is 14.8. The minimum Gasteiger partial charge on any atom is -0.0619 e. The van der Waals surface area contributed by atoms with Crippen molar-refractivity contribution in [1.82, 2.24) is 0 Å². The van der Waals surface area contributed by atoms with Crippen molar-refractivity contribution in [2.75, 3.05) is 0 Å². The Morgan fingerprint density at radius 2 is 0.792 bits per heavy atom. The van der Waals surface area contributed by atoms with E-state index in [2.05, 4.69) is 196 Å². The predicted molar refractivity (Wildman–Crippen MR) is 228 cm³/mol. The molecule has 0 atom stereocenters. The Labute approximate surface area is 309 Å². The van der Waals surface area contributed by atoms with Gasteiger partial charge in [0, 0.05) is 5.41 Å². The van der Waals surface area contributed by atoms with E-state index in [-0.39, 0.29) is 5.41 Å². The lowest BCUT2D eigenvalue weighted by Crippen LogP contribution is -2.14. The Kier molecular flexibility index (Phi) is 6.40. The maximum Gasteiger partial charge on any atom is 0.0159 e. The molecule has 0 nitrogen and oxygen atoms in total. The molecule has 0 N–H and O–H groups in total. The van der Waals surface area contributed by atoms with Crippen LogP contribution < -0.4 is 0 Å². The molecule has 0 radical (unpaired) electrons. The minimum absolute atomic E-state index is 0.0125. The van der Waals surface area contributed by atoms with Crippen molar-refractivity contribution in [2.45, 2.75) is 19.3 Å². The molecule has 0 bridgehead atoms. The van der Waals surface area contributed by atoms with Crippen molar-refractivity contribution >= 4 is 53.9 Å². The van der Waals surface area contributed by atoms with Crippen LogP contribution in [0.2, 0.25) is 0 Å². The highest BCUT2D eigenvalue weighted by Crippen LogP contribution is 2.49. The van der Waals surface area contributed by atoms with Gasteiger partial charge in [-0.25, -0.2) is 0 Å². The lowest BCUT2D eigenvalue weighted by Gasteiger charge is -2.22. The van der Waals surface area contributed by atoms with Crippen molar-refractivity contribution in [3.05, 3.63) is 193 Å². The first kappa shape index (κ1) is 30.2. The van der Waals surface area contributed by atoms with Crippen LogP contribution in [0.1, 0.15) is 25.0 Å². The molecule has 0 amide bonds. The van der Waals surface area contributed by atoms with Crippen LogP contribution in [-0.2, 0) is 5.41 Å². The third kappa shape index (κ3) is 4.62. The van der Waals surface area contributed by atoms with E-state index in [1.165, 1.54) is 109 Å². The van der Waals surface area contributed by atoms with E-state index in [4.69, 9.17) is 0 Å². The van der Waals surface area contributed by atoms with Crippen LogP contribution in [0.5, 0.6) is 0 Å². The summed E-state index contributed by atoms with van der Waals surface area (Å²) in [6, 6.07) is 68.0. The van der Waals surface area contributed by atoms with Gasteiger partial charge in [-0.1, -0.05) is 159 Å². The third-order valence-corrected chi connectivity index (χ3v) is 12.0. The van der Waals surface area contributed by atoms with Gasteiger partial charge in [-0.05, 0) is 146 Å². The molecule has 0 unspecified atom stereocenters. The van der Waals surface area contributed by atoms with Gasteiger partial charge in [-0.3, -0.25) is 0 Å². The Hall–Kier alpha value is -6.50. The number of rotatable bonds is 3. The molecule has 0 fully saturated rings. The molecule has 10 aromatic rings. The molecule has 0 saturated heterocycles. The first-order chi connectivity index (χ1) is 26.0. The number of fused-ring (bicyclic) bond motifs is 10. The van der Waals surface area contributed by atoms with Crippen LogP contribution in [0.25, 0.3) is 98.4 Å². The standard InChI is InChI=1S/C53H36/c1-53(2)50-14-8-7-12-46(50)47-26-25-40(32-51(47)53)39-19-16-33-15-18-38(29-43(33)30-39)35-20-21-37-28-41(23-22-36(37)27-35)49-31-42-24-17-34-9-3-4-10-44(34)52(42)48-13-6-5-11-45(48)49/h3-32H,1-2H3. The van der Waals surface area contributed by atoms with Gasteiger partial charge in [0.15, 0.2) is 0 Å². The third-order valence-electron chi connectivity index (χ3n) is 12.0. The summed E-state index contributed by atoms with van der Waals surface area (Å²) in [5, 5.41) is 12.8. The summed E-state index contributed by atoms with van der Waals surface area (Å²) in [5.41, 5.74) is 13.0. The average molecular weight is 673 g/mol. The Balaban J connectivity index is 0.959. The van der Waals surface area contributed by atoms with Crippen LogP contribution in [-0.4, -0.2) is 0 Å². The summed E-state index contributed by atoms with van der Waals surface area (Å²) < 4.78 is 0. The largest absolute Gasteiger partial charge is 0.0619 e. The van der Waals surface area contributed by atoms with Crippen LogP contribution in [0.4, 0.5) is 0 Å². The summed E-state index contributed by atoms with van der Waals surface area (Å²) in [4.78, 5) is 0. The van der Waals surface area contributed by atoms with Gasteiger partial charge in [0.2, 0.25) is 0 Å². The molecule has 0 aliphatic heterocycles. The molecule has 11 rings (SSSR count). The zero-order chi connectivity index (χ0) is 35.3. The molecule has 1 aliphatic rings. The maximum atomic E-state index is 2.42. The lowest BCUT2D eigenvalue weighted by atomic mass is 9.81. The van der Waals surface area contributed by atoms with Gasteiger partial charge >= 0.3 is 0 Å². The van der Waals surface area contributed by atoms with Crippen LogP contribution in [0.15, 0.2) is 182 Å². The van der Waals surface area contributed by atoms with Crippen LogP contribution >= 0.6 is 0 Å². The van der Waals surface area contributed by atoms with E-state index in [0.29, 0.717) is 0 Å². The van der Waals surface area contributed by atoms with Crippen LogP contribution in [0.3, 0.4) is 0 Å². The summed E-state index contributed by atoms with van der Waals surface area (Å²) in [5.74, 6) is 0. The topological polar surface area (TPSA) is 0 Å².